The largest absolute Gasteiger partial charge is 1.00 e. The van der Waals surface area contributed by atoms with Gasteiger partial charge < -0.3 is 24.4 Å². The maximum absolute atomic E-state index is 10.0. The molecule has 7 nitrogen and oxygen atoms in total. The van der Waals surface area contributed by atoms with E-state index in [0.29, 0.717) is 0 Å². The fourth-order valence-electron chi connectivity index (χ4n) is 0.455. The third-order valence-corrected chi connectivity index (χ3v) is 2.02. The Bertz CT molecular complexity index is 299. The molecule has 0 amide bonds. The van der Waals surface area contributed by atoms with E-state index in [1.54, 1.807) is 0 Å². The van der Waals surface area contributed by atoms with Gasteiger partial charge in [-0.15, -0.1) is 0 Å². The van der Waals surface area contributed by atoms with Crippen LogP contribution in [0.1, 0.15) is 6.42 Å². The zero-order valence-corrected chi connectivity index (χ0v) is 15.4. The van der Waals surface area contributed by atoms with Crippen LogP contribution in [0.2, 0.25) is 0 Å². The van der Waals surface area contributed by atoms with E-state index in [2.05, 4.69) is 0 Å². The van der Waals surface area contributed by atoms with Crippen molar-refractivity contribution in [2.24, 2.45) is 0 Å². The number of aliphatic carboxylic acids is 2. The van der Waals surface area contributed by atoms with Crippen molar-refractivity contribution < 1.29 is 121 Å². The van der Waals surface area contributed by atoms with Crippen molar-refractivity contribution in [2.75, 3.05) is 0 Å². The molecule has 0 heterocycles. The molecule has 0 aromatic carbocycles. The van der Waals surface area contributed by atoms with E-state index in [1.165, 1.54) is 0 Å². The van der Waals surface area contributed by atoms with Crippen LogP contribution in [0.15, 0.2) is 0 Å². The molecular weight excluding hydrogens is 261 g/mol. The fourth-order valence-corrected chi connectivity index (χ4v) is 1.03. The van der Waals surface area contributed by atoms with Crippen molar-refractivity contribution in [3.05, 3.63) is 0 Å². The summed E-state index contributed by atoms with van der Waals surface area (Å²) < 4.78 is 30.1. The zero-order valence-electron chi connectivity index (χ0n) is 8.55. The molecule has 0 fully saturated rings. The van der Waals surface area contributed by atoms with E-state index in [4.69, 9.17) is 0 Å². The van der Waals surface area contributed by atoms with Gasteiger partial charge in [0, 0.05) is 12.4 Å². The number of hydrogen-bond acceptors (Lipinski definition) is 7. The monoisotopic (exact) mass is 264 g/mol. The minimum Gasteiger partial charge on any atom is -0.747 e. The van der Waals surface area contributed by atoms with Crippen molar-refractivity contribution in [1.82, 2.24) is 0 Å². The third-order valence-electron chi connectivity index (χ3n) is 0.963. The van der Waals surface area contributed by atoms with Crippen molar-refractivity contribution in [2.45, 2.75) is 11.7 Å². The summed E-state index contributed by atoms with van der Waals surface area (Å²) in [4.78, 5) is 19.7. The Morgan fingerprint density at radius 3 is 1.47 bits per heavy atom. The van der Waals surface area contributed by atoms with Crippen molar-refractivity contribution >= 4 is 22.1 Å². The number of hydrogen-bond donors (Lipinski definition) is 0. The molecule has 0 saturated carbocycles. The molecule has 15 heavy (non-hydrogen) atoms. The van der Waals surface area contributed by atoms with E-state index in [0.717, 1.165) is 0 Å². The van der Waals surface area contributed by atoms with Crippen LogP contribution in [0.4, 0.5) is 0 Å². The van der Waals surface area contributed by atoms with Crippen molar-refractivity contribution in [1.29, 1.82) is 0 Å². The molecule has 0 aliphatic carbocycles. The Morgan fingerprint density at radius 1 is 1.07 bits per heavy atom. The predicted molar refractivity (Wildman–Crippen MR) is 28.1 cm³/mol. The topological polar surface area (TPSA) is 137 Å². The summed E-state index contributed by atoms with van der Waals surface area (Å²) in [5.41, 5.74) is 0. The summed E-state index contributed by atoms with van der Waals surface area (Å²) >= 11 is 0. The third kappa shape index (κ3) is 12.1. The molecule has 11 heteroatoms. The molecule has 0 aliphatic heterocycles. The van der Waals surface area contributed by atoms with Gasteiger partial charge in [0.1, 0.15) is 10.1 Å². The fraction of sp³-hybridized carbons (Fsp3) is 0.500. The average molecular weight is 264 g/mol. The maximum Gasteiger partial charge on any atom is 1.00 e. The quantitative estimate of drug-likeness (QED) is 0.363. The van der Waals surface area contributed by atoms with Gasteiger partial charge in [-0.3, -0.25) is 0 Å². The normalized spacial score (nSPS) is 11.0. The van der Waals surface area contributed by atoms with Crippen molar-refractivity contribution in [3.63, 3.8) is 0 Å². The molecule has 0 aliphatic rings. The molecule has 0 rings (SSSR count). The summed E-state index contributed by atoms with van der Waals surface area (Å²) in [5.74, 6) is -4.18. The van der Waals surface area contributed by atoms with Gasteiger partial charge in [0.2, 0.25) is 0 Å². The van der Waals surface area contributed by atoms with Crippen LogP contribution in [0.5, 0.6) is 0 Å². The van der Waals surface area contributed by atoms with E-state index in [1.807, 2.05) is 0 Å². The SMILES string of the molecule is O=C([O-])C[C@H](C(=O)[O-])S(=O)(=O)[O-].[Na+].[Na+].[Na+]. The van der Waals surface area contributed by atoms with Crippen LogP contribution in [-0.2, 0) is 19.7 Å². The smallest absolute Gasteiger partial charge is 0.747 e. The number of carboxylic acid groups (broad SMARTS) is 2. The van der Waals surface area contributed by atoms with Gasteiger partial charge in [-0.25, -0.2) is 8.42 Å². The number of carbonyl (C=O) groups is 2. The number of carboxylic acids is 2. The van der Waals surface area contributed by atoms with Crippen LogP contribution in [0, 0.1) is 0 Å². The Kier molecular flexibility index (Phi) is 18.7. The summed E-state index contributed by atoms with van der Waals surface area (Å²) in [6.45, 7) is 0. The Hall–Kier alpha value is 1.85. The first-order valence-electron chi connectivity index (χ1n) is 2.60. The van der Waals surface area contributed by atoms with E-state index >= 15 is 0 Å². The first kappa shape index (κ1) is 25.6. The van der Waals surface area contributed by atoms with Gasteiger partial charge >= 0.3 is 88.7 Å². The maximum atomic E-state index is 10.0. The average Bonchev–Trinajstić information content (AvgIpc) is 1.79. The van der Waals surface area contributed by atoms with E-state index < -0.39 is 33.7 Å². The number of rotatable bonds is 4. The van der Waals surface area contributed by atoms with Gasteiger partial charge in [-0.1, -0.05) is 0 Å². The zero-order chi connectivity index (χ0) is 9.94. The molecule has 0 spiro atoms. The Balaban J connectivity index is -0.000000202. The standard InChI is InChI=1S/C4H6O7S.3Na/c5-3(6)1-2(4(7)8)12(9,10)11;;;/h2H,1H2,(H,5,6)(H,7,8)(H,9,10,11);;;/q;3*+1/p-3/t2-;;;/m1.../s1. The van der Waals surface area contributed by atoms with Crippen LogP contribution in [0.3, 0.4) is 0 Å². The Labute approximate surface area is 153 Å². The molecular formula is C4H3Na3O7S. The minimum absolute atomic E-state index is 0. The van der Waals surface area contributed by atoms with Crippen LogP contribution in [-0.4, -0.2) is 30.2 Å². The molecule has 0 radical (unpaired) electrons. The molecule has 0 N–H and O–H groups in total. The van der Waals surface area contributed by atoms with Crippen LogP contribution >= 0.6 is 0 Å². The van der Waals surface area contributed by atoms with Crippen LogP contribution < -0.4 is 98.9 Å². The Morgan fingerprint density at radius 2 is 1.40 bits per heavy atom. The number of carbonyl (C=O) groups excluding carboxylic acids is 2. The second-order valence-corrected chi connectivity index (χ2v) is 3.43. The molecule has 70 valence electrons. The van der Waals surface area contributed by atoms with Gasteiger partial charge in [0.15, 0.2) is 0 Å². The summed E-state index contributed by atoms with van der Waals surface area (Å²) in [6.07, 6.45) is -1.39. The van der Waals surface area contributed by atoms with Crippen LogP contribution in [0.25, 0.3) is 0 Å². The summed E-state index contributed by atoms with van der Waals surface area (Å²) in [7, 11) is -5.19. The molecule has 0 aromatic heterocycles. The summed E-state index contributed by atoms with van der Waals surface area (Å²) in [5, 5.41) is 17.1. The molecule has 0 bridgehead atoms. The molecule has 0 aromatic rings. The minimum atomic E-state index is -5.19. The first-order valence-corrected chi connectivity index (χ1v) is 4.07. The molecule has 0 saturated heterocycles. The van der Waals surface area contributed by atoms with E-state index in [-0.39, 0.29) is 88.7 Å². The first-order chi connectivity index (χ1) is 5.25. The summed E-state index contributed by atoms with van der Waals surface area (Å²) in [6, 6.07) is 0. The van der Waals surface area contributed by atoms with E-state index in [9.17, 15) is 32.8 Å². The second-order valence-electron chi connectivity index (χ2n) is 1.88. The molecule has 0 unspecified atom stereocenters. The van der Waals surface area contributed by atoms with Gasteiger partial charge in [0.25, 0.3) is 0 Å². The predicted octanol–water partition coefficient (Wildman–Crippen LogP) is -13.2. The molecule has 1 atom stereocenters. The van der Waals surface area contributed by atoms with Gasteiger partial charge in [0.05, 0.1) is 11.2 Å². The second kappa shape index (κ2) is 11.0. The van der Waals surface area contributed by atoms with Crippen molar-refractivity contribution in [3.8, 4) is 0 Å². The van der Waals surface area contributed by atoms with Gasteiger partial charge in [-0.05, 0) is 0 Å². The van der Waals surface area contributed by atoms with Gasteiger partial charge in [-0.2, -0.15) is 0 Å².